The molecule has 1 aromatic rings. The number of carboxylic acid groups (broad SMARTS) is 1. The quantitative estimate of drug-likeness (QED) is 0.669. The van der Waals surface area contributed by atoms with Crippen LogP contribution in [0.1, 0.15) is 12.8 Å². The lowest BCUT2D eigenvalue weighted by Gasteiger charge is -2.15. The number of methoxy groups -OCH3 is 1. The van der Waals surface area contributed by atoms with Crippen molar-refractivity contribution in [3.05, 3.63) is 28.2 Å². The van der Waals surface area contributed by atoms with Gasteiger partial charge in [-0.05, 0) is 31.0 Å². The Hall–Kier alpha value is -1.50. The van der Waals surface area contributed by atoms with E-state index in [2.05, 4.69) is 10.6 Å². The second-order valence-corrected chi connectivity index (χ2v) is 5.09. The van der Waals surface area contributed by atoms with Gasteiger partial charge in [-0.1, -0.05) is 23.2 Å². The molecule has 0 heterocycles. The molecule has 2 amide bonds. The van der Waals surface area contributed by atoms with Crippen molar-refractivity contribution in [3.63, 3.8) is 0 Å². The smallest absolute Gasteiger partial charge is 0.326 e. The molecule has 1 unspecified atom stereocenters. The maximum absolute atomic E-state index is 11.8. The fourth-order valence-electron chi connectivity index (χ4n) is 1.60. The molecule has 6 nitrogen and oxygen atoms in total. The maximum Gasteiger partial charge on any atom is 0.326 e. The van der Waals surface area contributed by atoms with Crippen LogP contribution in [0.2, 0.25) is 10.0 Å². The molecule has 0 saturated heterocycles. The Kier molecular flexibility index (Phi) is 7.28. The first kappa shape index (κ1) is 17.6. The summed E-state index contributed by atoms with van der Waals surface area (Å²) in [5, 5.41) is 14.6. The number of aliphatic carboxylic acids is 1. The van der Waals surface area contributed by atoms with E-state index >= 15 is 0 Å². The van der Waals surface area contributed by atoms with E-state index in [1.54, 1.807) is 6.07 Å². The Labute approximate surface area is 132 Å². The predicted octanol–water partition coefficient (Wildman–Crippen LogP) is 2.99. The number of nitrogens with one attached hydrogen (secondary N) is 2. The number of urea groups is 1. The number of hydrogen-bond acceptors (Lipinski definition) is 3. The first-order valence-electron chi connectivity index (χ1n) is 6.18. The zero-order valence-corrected chi connectivity index (χ0v) is 12.9. The standard InChI is InChI=1S/C13H16Cl2N2O4/c1-21-6-2-3-10(12(18)19)16-13(20)17-11-7-8(14)4-5-9(11)15/h4-5,7,10H,2-3,6H2,1H3,(H,18,19)(H2,16,17,20). The van der Waals surface area contributed by atoms with Gasteiger partial charge in [0.25, 0.3) is 0 Å². The first-order chi connectivity index (χ1) is 9.93. The molecule has 1 aromatic carbocycles. The van der Waals surface area contributed by atoms with Crippen LogP contribution >= 0.6 is 23.2 Å². The first-order valence-corrected chi connectivity index (χ1v) is 6.94. The van der Waals surface area contributed by atoms with Crippen LogP contribution in [0.4, 0.5) is 10.5 Å². The summed E-state index contributed by atoms with van der Waals surface area (Å²) in [7, 11) is 1.52. The topological polar surface area (TPSA) is 87.7 Å². The highest BCUT2D eigenvalue weighted by molar-refractivity contribution is 6.35. The molecule has 116 valence electrons. The molecule has 1 rings (SSSR count). The van der Waals surface area contributed by atoms with Gasteiger partial charge in [-0.15, -0.1) is 0 Å². The van der Waals surface area contributed by atoms with Gasteiger partial charge in [-0.25, -0.2) is 9.59 Å². The number of rotatable bonds is 7. The van der Waals surface area contributed by atoms with E-state index < -0.39 is 18.0 Å². The molecule has 21 heavy (non-hydrogen) atoms. The SMILES string of the molecule is COCCCC(NC(=O)Nc1cc(Cl)ccc1Cl)C(=O)O. The number of carbonyl (C=O) groups is 2. The zero-order chi connectivity index (χ0) is 15.8. The molecular weight excluding hydrogens is 319 g/mol. The largest absolute Gasteiger partial charge is 0.480 e. The van der Waals surface area contributed by atoms with Crippen molar-refractivity contribution in [3.8, 4) is 0 Å². The number of ether oxygens (including phenoxy) is 1. The van der Waals surface area contributed by atoms with Crippen molar-refractivity contribution in [2.45, 2.75) is 18.9 Å². The minimum absolute atomic E-state index is 0.264. The summed E-state index contributed by atoms with van der Waals surface area (Å²) >= 11 is 11.7. The molecule has 0 fully saturated rings. The molecule has 0 aromatic heterocycles. The molecule has 3 N–H and O–H groups in total. The number of amides is 2. The lowest BCUT2D eigenvalue weighted by molar-refractivity contribution is -0.139. The third-order valence-electron chi connectivity index (χ3n) is 2.62. The van der Waals surface area contributed by atoms with Gasteiger partial charge in [-0.3, -0.25) is 0 Å². The van der Waals surface area contributed by atoms with Crippen LogP contribution in [0.15, 0.2) is 18.2 Å². The minimum Gasteiger partial charge on any atom is -0.480 e. The summed E-state index contributed by atoms with van der Waals surface area (Å²) < 4.78 is 4.85. The third kappa shape index (κ3) is 6.20. The van der Waals surface area contributed by atoms with Crippen LogP contribution in [-0.4, -0.2) is 36.9 Å². The van der Waals surface area contributed by atoms with E-state index in [0.29, 0.717) is 28.8 Å². The molecule has 0 saturated carbocycles. The van der Waals surface area contributed by atoms with Crippen LogP contribution in [0.3, 0.4) is 0 Å². The van der Waals surface area contributed by atoms with Gasteiger partial charge in [0.2, 0.25) is 0 Å². The lowest BCUT2D eigenvalue weighted by atomic mass is 10.1. The summed E-state index contributed by atoms with van der Waals surface area (Å²) in [6, 6.07) is 2.93. The van der Waals surface area contributed by atoms with Crippen LogP contribution < -0.4 is 10.6 Å². The average molecular weight is 335 g/mol. The Morgan fingerprint density at radius 2 is 2.10 bits per heavy atom. The monoisotopic (exact) mass is 334 g/mol. The molecule has 0 aliphatic rings. The maximum atomic E-state index is 11.8. The minimum atomic E-state index is -1.11. The van der Waals surface area contributed by atoms with E-state index in [0.717, 1.165) is 0 Å². The predicted molar refractivity (Wildman–Crippen MR) is 81.2 cm³/mol. The van der Waals surface area contributed by atoms with Gasteiger partial charge in [-0.2, -0.15) is 0 Å². The van der Waals surface area contributed by atoms with E-state index in [1.807, 2.05) is 0 Å². The summed E-state index contributed by atoms with van der Waals surface area (Å²) in [5.41, 5.74) is 0.308. The van der Waals surface area contributed by atoms with Crippen LogP contribution in [0.25, 0.3) is 0 Å². The molecule has 0 spiro atoms. The van der Waals surface area contributed by atoms with Crippen molar-refractivity contribution < 1.29 is 19.4 Å². The number of halogens is 2. The summed E-state index contributed by atoms with van der Waals surface area (Å²) in [5.74, 6) is -1.11. The Bertz CT molecular complexity index is 511. The molecule has 0 radical (unpaired) electrons. The third-order valence-corrected chi connectivity index (χ3v) is 3.19. The Morgan fingerprint density at radius 3 is 2.71 bits per heavy atom. The zero-order valence-electron chi connectivity index (χ0n) is 11.4. The number of benzene rings is 1. The summed E-state index contributed by atoms with van der Waals surface area (Å²) in [6.45, 7) is 0.424. The number of carboxylic acids is 1. The van der Waals surface area contributed by atoms with Gasteiger partial charge in [0.1, 0.15) is 6.04 Å². The summed E-state index contributed by atoms with van der Waals surface area (Å²) in [6.07, 6.45) is 0.783. The number of hydrogen-bond donors (Lipinski definition) is 3. The van der Waals surface area contributed by atoms with Gasteiger partial charge < -0.3 is 20.5 Å². The van der Waals surface area contributed by atoms with Gasteiger partial charge in [0.05, 0.1) is 10.7 Å². The van der Waals surface area contributed by atoms with E-state index in [1.165, 1.54) is 19.2 Å². The second-order valence-electron chi connectivity index (χ2n) is 4.25. The van der Waals surface area contributed by atoms with Crippen LogP contribution in [0, 0.1) is 0 Å². The Morgan fingerprint density at radius 1 is 1.38 bits per heavy atom. The van der Waals surface area contributed by atoms with Crippen LogP contribution in [0.5, 0.6) is 0 Å². The highest BCUT2D eigenvalue weighted by Gasteiger charge is 2.19. The van der Waals surface area contributed by atoms with E-state index in [-0.39, 0.29) is 6.42 Å². The van der Waals surface area contributed by atoms with Gasteiger partial charge in [0, 0.05) is 18.7 Å². The molecule has 0 aliphatic carbocycles. The highest BCUT2D eigenvalue weighted by Crippen LogP contribution is 2.25. The molecule has 0 bridgehead atoms. The van der Waals surface area contributed by atoms with Gasteiger partial charge >= 0.3 is 12.0 Å². The summed E-state index contributed by atoms with van der Waals surface area (Å²) in [4.78, 5) is 22.9. The number of anilines is 1. The highest BCUT2D eigenvalue weighted by atomic mass is 35.5. The molecular formula is C13H16Cl2N2O4. The normalized spacial score (nSPS) is 11.8. The van der Waals surface area contributed by atoms with Crippen molar-refractivity contribution in [1.29, 1.82) is 0 Å². The Balaban J connectivity index is 2.61. The average Bonchev–Trinajstić information content (AvgIpc) is 2.42. The number of carbonyl (C=O) groups excluding carboxylic acids is 1. The molecule has 8 heteroatoms. The van der Waals surface area contributed by atoms with Gasteiger partial charge in [0.15, 0.2) is 0 Å². The fourth-order valence-corrected chi connectivity index (χ4v) is 1.94. The van der Waals surface area contributed by atoms with E-state index in [4.69, 9.17) is 33.0 Å². The van der Waals surface area contributed by atoms with Crippen molar-refractivity contribution >= 4 is 40.9 Å². The molecule has 1 atom stereocenters. The fraction of sp³-hybridized carbons (Fsp3) is 0.385. The lowest BCUT2D eigenvalue weighted by Crippen LogP contribution is -2.43. The second kappa shape index (κ2) is 8.71. The van der Waals surface area contributed by atoms with Crippen molar-refractivity contribution in [1.82, 2.24) is 5.32 Å². The van der Waals surface area contributed by atoms with E-state index in [9.17, 15) is 9.59 Å². The van der Waals surface area contributed by atoms with Crippen molar-refractivity contribution in [2.75, 3.05) is 19.0 Å². The van der Waals surface area contributed by atoms with Crippen molar-refractivity contribution in [2.24, 2.45) is 0 Å². The van der Waals surface area contributed by atoms with Crippen LogP contribution in [-0.2, 0) is 9.53 Å². The molecule has 0 aliphatic heterocycles.